The minimum Gasteiger partial charge on any atom is -0.338 e. The van der Waals surface area contributed by atoms with E-state index in [0.29, 0.717) is 31.5 Å². The fourth-order valence-corrected chi connectivity index (χ4v) is 3.17. The number of aromatic nitrogens is 1. The minimum absolute atomic E-state index is 0.00743. The number of amides is 1. The van der Waals surface area contributed by atoms with E-state index in [4.69, 9.17) is 0 Å². The van der Waals surface area contributed by atoms with Gasteiger partial charge in [0.25, 0.3) is 0 Å². The number of hydrogen-bond acceptors (Lipinski definition) is 2. The van der Waals surface area contributed by atoms with Crippen molar-refractivity contribution in [2.24, 2.45) is 0 Å². The molecule has 1 aromatic carbocycles. The van der Waals surface area contributed by atoms with Gasteiger partial charge in [-0.05, 0) is 35.7 Å². The van der Waals surface area contributed by atoms with Crippen LogP contribution in [-0.4, -0.2) is 22.3 Å². The standard InChI is InChI=1S/C16H14BrFN2O/c17-14-3-4-15(18)13-10-20(7-5-12(13)14)16(21)8-11-2-1-6-19-9-11/h1-4,6,9H,5,7-8,10H2. The molecule has 2 heterocycles. The zero-order valence-electron chi connectivity index (χ0n) is 11.4. The lowest BCUT2D eigenvalue weighted by atomic mass is 9.98. The van der Waals surface area contributed by atoms with Crippen molar-refractivity contribution in [3.8, 4) is 0 Å². The molecule has 1 aliphatic heterocycles. The van der Waals surface area contributed by atoms with Crippen molar-refractivity contribution in [1.82, 2.24) is 9.88 Å². The molecular formula is C16H14BrFN2O. The zero-order valence-corrected chi connectivity index (χ0v) is 12.9. The van der Waals surface area contributed by atoms with Crippen molar-refractivity contribution in [3.05, 3.63) is 63.6 Å². The predicted octanol–water partition coefficient (Wildman–Crippen LogP) is 3.11. The predicted molar refractivity (Wildman–Crippen MR) is 81.2 cm³/mol. The highest BCUT2D eigenvalue weighted by atomic mass is 79.9. The quantitative estimate of drug-likeness (QED) is 0.835. The normalized spacial score (nSPS) is 13.9. The fraction of sp³-hybridized carbons (Fsp3) is 0.250. The average Bonchev–Trinajstić information content (AvgIpc) is 2.52. The van der Waals surface area contributed by atoms with Gasteiger partial charge in [0, 0.05) is 35.5 Å². The number of halogens is 2. The van der Waals surface area contributed by atoms with Crippen LogP contribution in [0.2, 0.25) is 0 Å². The Balaban J connectivity index is 1.77. The molecule has 0 bridgehead atoms. The lowest BCUT2D eigenvalue weighted by Gasteiger charge is -2.30. The molecule has 0 aliphatic carbocycles. The van der Waals surface area contributed by atoms with Gasteiger partial charge in [-0.25, -0.2) is 4.39 Å². The van der Waals surface area contributed by atoms with Crippen LogP contribution in [0.5, 0.6) is 0 Å². The van der Waals surface area contributed by atoms with Crippen molar-refractivity contribution in [2.45, 2.75) is 19.4 Å². The summed E-state index contributed by atoms with van der Waals surface area (Å²) in [7, 11) is 0. The Morgan fingerprint density at radius 3 is 2.95 bits per heavy atom. The fourth-order valence-electron chi connectivity index (χ4n) is 2.60. The molecule has 0 fully saturated rings. The number of nitrogens with zero attached hydrogens (tertiary/aromatic N) is 2. The van der Waals surface area contributed by atoms with Crippen LogP contribution < -0.4 is 0 Å². The minimum atomic E-state index is -0.243. The van der Waals surface area contributed by atoms with Crippen molar-refractivity contribution in [3.63, 3.8) is 0 Å². The first-order valence-electron chi connectivity index (χ1n) is 6.77. The van der Waals surface area contributed by atoms with Crippen LogP contribution in [0.15, 0.2) is 41.1 Å². The van der Waals surface area contributed by atoms with E-state index in [-0.39, 0.29) is 11.7 Å². The Morgan fingerprint density at radius 2 is 2.19 bits per heavy atom. The van der Waals surface area contributed by atoms with Gasteiger partial charge in [-0.2, -0.15) is 0 Å². The molecule has 1 amide bonds. The topological polar surface area (TPSA) is 33.2 Å². The van der Waals surface area contributed by atoms with Crippen molar-refractivity contribution in [2.75, 3.05) is 6.54 Å². The van der Waals surface area contributed by atoms with E-state index in [9.17, 15) is 9.18 Å². The molecule has 0 atom stereocenters. The maximum Gasteiger partial charge on any atom is 0.227 e. The van der Waals surface area contributed by atoms with Gasteiger partial charge in [0.2, 0.25) is 5.91 Å². The van der Waals surface area contributed by atoms with E-state index in [2.05, 4.69) is 20.9 Å². The van der Waals surface area contributed by atoms with Crippen molar-refractivity contribution >= 4 is 21.8 Å². The molecule has 3 rings (SSSR count). The number of rotatable bonds is 2. The summed E-state index contributed by atoms with van der Waals surface area (Å²) in [5, 5.41) is 0. The maximum atomic E-state index is 13.9. The van der Waals surface area contributed by atoms with Crippen molar-refractivity contribution < 1.29 is 9.18 Å². The van der Waals surface area contributed by atoms with E-state index in [1.165, 1.54) is 6.07 Å². The summed E-state index contributed by atoms with van der Waals surface area (Å²) in [5.74, 6) is -0.236. The van der Waals surface area contributed by atoms with Crippen LogP contribution >= 0.6 is 15.9 Å². The van der Waals surface area contributed by atoms with E-state index in [0.717, 1.165) is 15.6 Å². The number of carbonyl (C=O) groups excluding carboxylic acids is 1. The second-order valence-electron chi connectivity index (χ2n) is 5.09. The van der Waals surface area contributed by atoms with Gasteiger partial charge in [-0.1, -0.05) is 22.0 Å². The number of pyridine rings is 1. The highest BCUT2D eigenvalue weighted by Gasteiger charge is 2.24. The van der Waals surface area contributed by atoms with Crippen LogP contribution in [-0.2, 0) is 24.2 Å². The molecule has 0 N–H and O–H groups in total. The molecule has 0 spiro atoms. The van der Waals surface area contributed by atoms with Gasteiger partial charge >= 0.3 is 0 Å². The molecule has 108 valence electrons. The SMILES string of the molecule is O=C(Cc1cccnc1)N1CCc2c(Br)ccc(F)c2C1. The summed E-state index contributed by atoms with van der Waals surface area (Å²) in [5.41, 5.74) is 2.47. The third-order valence-corrected chi connectivity index (χ3v) is 4.47. The van der Waals surface area contributed by atoms with Crippen LogP contribution in [0.1, 0.15) is 16.7 Å². The first-order valence-corrected chi connectivity index (χ1v) is 7.57. The lowest BCUT2D eigenvalue weighted by Crippen LogP contribution is -2.37. The summed E-state index contributed by atoms with van der Waals surface area (Å²) in [6, 6.07) is 6.85. The summed E-state index contributed by atoms with van der Waals surface area (Å²) in [6.45, 7) is 0.952. The zero-order chi connectivity index (χ0) is 14.8. The Morgan fingerprint density at radius 1 is 1.33 bits per heavy atom. The van der Waals surface area contributed by atoms with Gasteiger partial charge < -0.3 is 4.90 Å². The Kier molecular flexibility index (Phi) is 4.01. The smallest absolute Gasteiger partial charge is 0.227 e. The second-order valence-corrected chi connectivity index (χ2v) is 5.94. The molecule has 0 unspecified atom stereocenters. The van der Waals surface area contributed by atoms with Crippen LogP contribution in [0, 0.1) is 5.82 Å². The molecule has 0 saturated heterocycles. The molecule has 2 aromatic rings. The summed E-state index contributed by atoms with van der Waals surface area (Å²) >= 11 is 3.45. The Labute approximate surface area is 130 Å². The van der Waals surface area contributed by atoms with Gasteiger partial charge in [0.1, 0.15) is 5.82 Å². The molecule has 21 heavy (non-hydrogen) atoms. The molecular weight excluding hydrogens is 335 g/mol. The molecule has 1 aliphatic rings. The largest absolute Gasteiger partial charge is 0.338 e. The number of carbonyl (C=O) groups is 1. The van der Waals surface area contributed by atoms with Crippen LogP contribution in [0.4, 0.5) is 4.39 Å². The van der Waals surface area contributed by atoms with E-state index >= 15 is 0 Å². The number of benzene rings is 1. The number of fused-ring (bicyclic) bond motifs is 1. The summed E-state index contributed by atoms with van der Waals surface area (Å²) < 4.78 is 14.9. The van der Waals surface area contributed by atoms with E-state index in [1.807, 2.05) is 12.1 Å². The molecule has 5 heteroatoms. The summed E-state index contributed by atoms with van der Waals surface area (Å²) in [4.78, 5) is 18.1. The second kappa shape index (κ2) is 5.93. The number of hydrogen-bond donors (Lipinski definition) is 0. The van der Waals surface area contributed by atoms with Crippen LogP contribution in [0.3, 0.4) is 0 Å². The van der Waals surface area contributed by atoms with Gasteiger partial charge in [-0.15, -0.1) is 0 Å². The third-order valence-electron chi connectivity index (χ3n) is 3.73. The van der Waals surface area contributed by atoms with E-state index < -0.39 is 0 Å². The summed E-state index contributed by atoms with van der Waals surface area (Å²) in [6.07, 6.45) is 4.34. The van der Waals surface area contributed by atoms with Crippen LogP contribution in [0.25, 0.3) is 0 Å². The Hall–Kier alpha value is -1.75. The highest BCUT2D eigenvalue weighted by Crippen LogP contribution is 2.28. The Bertz CT molecular complexity index is 675. The molecule has 0 saturated carbocycles. The average molecular weight is 349 g/mol. The maximum absolute atomic E-state index is 13.9. The molecule has 1 aromatic heterocycles. The van der Waals surface area contributed by atoms with Gasteiger partial charge in [0.05, 0.1) is 6.42 Å². The molecule has 0 radical (unpaired) electrons. The van der Waals surface area contributed by atoms with Gasteiger partial charge in [0.15, 0.2) is 0 Å². The third kappa shape index (κ3) is 2.97. The lowest BCUT2D eigenvalue weighted by molar-refractivity contribution is -0.131. The van der Waals surface area contributed by atoms with E-state index in [1.54, 1.807) is 23.4 Å². The monoisotopic (exact) mass is 348 g/mol. The van der Waals surface area contributed by atoms with Crippen molar-refractivity contribution in [1.29, 1.82) is 0 Å². The highest BCUT2D eigenvalue weighted by molar-refractivity contribution is 9.10. The first-order chi connectivity index (χ1) is 10.1. The van der Waals surface area contributed by atoms with Gasteiger partial charge in [-0.3, -0.25) is 9.78 Å². The first kappa shape index (κ1) is 14.2. The molecule has 3 nitrogen and oxygen atoms in total.